The fourth-order valence-electron chi connectivity index (χ4n) is 2.80. The van der Waals surface area contributed by atoms with Crippen molar-refractivity contribution in [2.45, 2.75) is 13.8 Å². The Morgan fingerprint density at radius 1 is 1.20 bits per heavy atom. The molecule has 25 heavy (non-hydrogen) atoms. The molecule has 5 heteroatoms. The zero-order valence-corrected chi connectivity index (χ0v) is 14.6. The first-order valence-corrected chi connectivity index (χ1v) is 8.17. The molecular weight excluding hydrogens is 344 g/mol. The van der Waals surface area contributed by atoms with Gasteiger partial charge in [-0.1, -0.05) is 18.2 Å². The Bertz CT molecular complexity index is 962. The largest absolute Gasteiger partial charge is 0.494 e. The number of aryl methyl sites for hydroxylation is 1. The first-order chi connectivity index (χ1) is 11.9. The second-order valence-corrected chi connectivity index (χ2v) is 6.05. The third-order valence-corrected chi connectivity index (χ3v) is 4.15. The average Bonchev–Trinajstić information content (AvgIpc) is 2.53. The highest BCUT2D eigenvalue weighted by Crippen LogP contribution is 2.37. The van der Waals surface area contributed by atoms with E-state index in [0.717, 1.165) is 17.7 Å². The van der Waals surface area contributed by atoms with Crippen molar-refractivity contribution < 1.29 is 13.5 Å². The van der Waals surface area contributed by atoms with Crippen molar-refractivity contribution >= 4 is 28.3 Å². The van der Waals surface area contributed by atoms with Gasteiger partial charge in [0, 0.05) is 28.3 Å². The first kappa shape index (κ1) is 17.4. The number of fused-ring (bicyclic) bond motifs is 1. The minimum absolute atomic E-state index is 0.0124. The molecule has 0 aliphatic heterocycles. The number of benzene rings is 2. The quantitative estimate of drug-likeness (QED) is 0.521. The normalized spacial score (nSPS) is 10.9. The van der Waals surface area contributed by atoms with Crippen LogP contribution in [0, 0.1) is 18.6 Å². The number of halogens is 3. The fraction of sp³-hybridized carbons (Fsp3) is 0.150. The Balaban J connectivity index is 2.30. The van der Waals surface area contributed by atoms with Gasteiger partial charge in [0.1, 0.15) is 17.4 Å². The summed E-state index contributed by atoms with van der Waals surface area (Å²) < 4.78 is 33.3. The molecule has 2 aromatic carbocycles. The van der Waals surface area contributed by atoms with Gasteiger partial charge >= 0.3 is 0 Å². The molecule has 0 unspecified atom stereocenters. The molecule has 2 nitrogen and oxygen atoms in total. The summed E-state index contributed by atoms with van der Waals surface area (Å²) in [4.78, 5) is 4.48. The molecule has 0 fully saturated rings. The Kier molecular flexibility index (Phi) is 4.73. The summed E-state index contributed by atoms with van der Waals surface area (Å²) >= 11 is 6.13. The zero-order chi connectivity index (χ0) is 18.1. The van der Waals surface area contributed by atoms with E-state index >= 15 is 0 Å². The van der Waals surface area contributed by atoms with Crippen LogP contribution in [0.1, 0.15) is 18.2 Å². The summed E-state index contributed by atoms with van der Waals surface area (Å²) in [5.41, 5.74) is 2.86. The third kappa shape index (κ3) is 3.35. The lowest BCUT2D eigenvalue weighted by atomic mass is 9.97. The summed E-state index contributed by atoms with van der Waals surface area (Å²) in [7, 11) is 0. The summed E-state index contributed by atoms with van der Waals surface area (Å²) in [6, 6.07) is 9.15. The second-order valence-electron chi connectivity index (χ2n) is 5.64. The van der Waals surface area contributed by atoms with Crippen molar-refractivity contribution in [1.29, 1.82) is 0 Å². The molecule has 3 aromatic rings. The van der Waals surface area contributed by atoms with Crippen LogP contribution in [0.4, 0.5) is 8.78 Å². The van der Waals surface area contributed by atoms with Crippen LogP contribution in [-0.4, -0.2) is 11.6 Å². The van der Waals surface area contributed by atoms with Crippen molar-refractivity contribution in [1.82, 2.24) is 4.98 Å². The van der Waals surface area contributed by atoms with Gasteiger partial charge in [-0.3, -0.25) is 4.98 Å². The first-order valence-electron chi connectivity index (χ1n) is 7.79. The predicted molar refractivity (Wildman–Crippen MR) is 97.5 cm³/mol. The SMILES string of the molecule is C=C(OCC)c1ccc2nc(C)cc(-c3c(F)cc(F)cc3Cl)c2c1. The molecule has 0 N–H and O–H groups in total. The second kappa shape index (κ2) is 6.81. The number of aromatic nitrogens is 1. The van der Waals surface area contributed by atoms with Crippen LogP contribution >= 0.6 is 11.6 Å². The van der Waals surface area contributed by atoms with E-state index in [1.807, 2.05) is 32.0 Å². The molecule has 0 amide bonds. The maximum atomic E-state index is 14.4. The standard InChI is InChI=1S/C20H16ClF2NO/c1-4-25-12(3)13-5-6-19-15(8-13)16(7-11(2)24-19)20-17(21)9-14(22)10-18(20)23/h5-10H,3-4H2,1-2H3. The van der Waals surface area contributed by atoms with Crippen LogP contribution in [0.5, 0.6) is 0 Å². The molecule has 3 rings (SSSR count). The molecular formula is C20H16ClF2NO. The molecule has 0 bridgehead atoms. The van der Waals surface area contributed by atoms with E-state index in [0.29, 0.717) is 34.5 Å². The predicted octanol–water partition coefficient (Wildman–Crippen LogP) is 6.15. The molecule has 128 valence electrons. The van der Waals surface area contributed by atoms with Gasteiger partial charge < -0.3 is 4.74 Å². The van der Waals surface area contributed by atoms with Gasteiger partial charge in [0.25, 0.3) is 0 Å². The molecule has 0 spiro atoms. The zero-order valence-electron chi connectivity index (χ0n) is 13.9. The number of nitrogens with zero attached hydrogens (tertiary/aromatic N) is 1. The van der Waals surface area contributed by atoms with Crippen LogP contribution in [-0.2, 0) is 4.74 Å². The highest BCUT2D eigenvalue weighted by Gasteiger charge is 2.16. The molecule has 0 aliphatic carbocycles. The molecule has 0 aliphatic rings. The van der Waals surface area contributed by atoms with Gasteiger partial charge in [-0.25, -0.2) is 8.78 Å². The Hall–Kier alpha value is -2.46. The number of pyridine rings is 1. The van der Waals surface area contributed by atoms with Crippen molar-refractivity contribution in [3.05, 3.63) is 70.9 Å². The van der Waals surface area contributed by atoms with E-state index < -0.39 is 11.6 Å². The van der Waals surface area contributed by atoms with Crippen LogP contribution in [0.2, 0.25) is 5.02 Å². The Morgan fingerprint density at radius 3 is 2.64 bits per heavy atom. The number of rotatable bonds is 4. The van der Waals surface area contributed by atoms with E-state index in [4.69, 9.17) is 16.3 Å². The van der Waals surface area contributed by atoms with Crippen molar-refractivity contribution in [2.24, 2.45) is 0 Å². The number of hydrogen-bond donors (Lipinski definition) is 0. The molecule has 0 saturated carbocycles. The van der Waals surface area contributed by atoms with Gasteiger partial charge in [0.2, 0.25) is 0 Å². The molecule has 0 saturated heterocycles. The van der Waals surface area contributed by atoms with Crippen LogP contribution in [0.3, 0.4) is 0 Å². The van der Waals surface area contributed by atoms with Crippen molar-refractivity contribution in [3.8, 4) is 11.1 Å². The molecule has 1 heterocycles. The Morgan fingerprint density at radius 2 is 1.96 bits per heavy atom. The van der Waals surface area contributed by atoms with Gasteiger partial charge in [-0.2, -0.15) is 0 Å². The molecule has 1 aromatic heterocycles. The summed E-state index contributed by atoms with van der Waals surface area (Å²) in [6.07, 6.45) is 0. The van der Waals surface area contributed by atoms with E-state index in [1.165, 1.54) is 0 Å². The average molecular weight is 360 g/mol. The van der Waals surface area contributed by atoms with Gasteiger partial charge in [0.15, 0.2) is 0 Å². The minimum atomic E-state index is -0.717. The van der Waals surface area contributed by atoms with E-state index in [-0.39, 0.29) is 10.6 Å². The number of ether oxygens (including phenoxy) is 1. The van der Waals surface area contributed by atoms with E-state index in [1.54, 1.807) is 6.07 Å². The molecule has 0 radical (unpaired) electrons. The van der Waals surface area contributed by atoms with Gasteiger partial charge in [-0.15, -0.1) is 0 Å². The topological polar surface area (TPSA) is 22.1 Å². The van der Waals surface area contributed by atoms with Crippen LogP contribution in [0.15, 0.2) is 43.0 Å². The van der Waals surface area contributed by atoms with Gasteiger partial charge in [0.05, 0.1) is 17.1 Å². The smallest absolute Gasteiger partial charge is 0.135 e. The van der Waals surface area contributed by atoms with Crippen LogP contribution < -0.4 is 0 Å². The van der Waals surface area contributed by atoms with Gasteiger partial charge in [-0.05, 0) is 49.7 Å². The lowest BCUT2D eigenvalue weighted by molar-refractivity contribution is 0.299. The summed E-state index contributed by atoms with van der Waals surface area (Å²) in [5.74, 6) is -0.917. The van der Waals surface area contributed by atoms with Crippen molar-refractivity contribution in [3.63, 3.8) is 0 Å². The van der Waals surface area contributed by atoms with Crippen molar-refractivity contribution in [2.75, 3.05) is 6.61 Å². The molecule has 0 atom stereocenters. The lowest BCUT2D eigenvalue weighted by Gasteiger charge is -2.13. The van der Waals surface area contributed by atoms with E-state index in [9.17, 15) is 8.78 Å². The highest BCUT2D eigenvalue weighted by atomic mass is 35.5. The maximum absolute atomic E-state index is 14.4. The minimum Gasteiger partial charge on any atom is -0.494 e. The Labute approximate surface area is 149 Å². The monoisotopic (exact) mass is 359 g/mol. The highest BCUT2D eigenvalue weighted by molar-refractivity contribution is 6.33. The summed E-state index contributed by atoms with van der Waals surface area (Å²) in [5, 5.41) is 0.704. The fourth-order valence-corrected chi connectivity index (χ4v) is 3.09. The lowest BCUT2D eigenvalue weighted by Crippen LogP contribution is -1.95. The van der Waals surface area contributed by atoms with E-state index in [2.05, 4.69) is 11.6 Å². The third-order valence-electron chi connectivity index (χ3n) is 3.85. The number of hydrogen-bond acceptors (Lipinski definition) is 2. The summed E-state index contributed by atoms with van der Waals surface area (Å²) in [6.45, 7) is 8.07. The maximum Gasteiger partial charge on any atom is 0.135 e. The van der Waals surface area contributed by atoms with Crippen LogP contribution in [0.25, 0.3) is 27.8 Å².